The standard InChI is InChI=1S/C13H12BrF4N3/c1-7(2)21-10(6-14)19-20-12(21)8-4-3-5-9(11(8)15)13(16,17)18/h3-5,7H,6H2,1-2H3. The summed E-state index contributed by atoms with van der Waals surface area (Å²) in [6.07, 6.45) is -4.75. The molecule has 1 aromatic heterocycles. The Morgan fingerprint density at radius 3 is 2.43 bits per heavy atom. The summed E-state index contributed by atoms with van der Waals surface area (Å²) in [6.45, 7) is 3.65. The maximum absolute atomic E-state index is 14.2. The third kappa shape index (κ3) is 2.95. The second-order valence-electron chi connectivity index (χ2n) is 4.70. The predicted octanol–water partition coefficient (Wildman–Crippen LogP) is 4.58. The quantitative estimate of drug-likeness (QED) is 0.588. The lowest BCUT2D eigenvalue weighted by molar-refractivity contribution is -0.139. The van der Waals surface area contributed by atoms with Crippen molar-refractivity contribution in [2.75, 3.05) is 0 Å². The summed E-state index contributed by atoms with van der Waals surface area (Å²) in [5.41, 5.74) is -1.52. The van der Waals surface area contributed by atoms with Crippen LogP contribution in [0.15, 0.2) is 18.2 Å². The van der Waals surface area contributed by atoms with Crippen molar-refractivity contribution >= 4 is 15.9 Å². The molecule has 2 rings (SSSR count). The van der Waals surface area contributed by atoms with Gasteiger partial charge in [-0.1, -0.05) is 22.0 Å². The van der Waals surface area contributed by atoms with E-state index < -0.39 is 17.6 Å². The lowest BCUT2D eigenvalue weighted by Crippen LogP contribution is -2.11. The van der Waals surface area contributed by atoms with Crippen molar-refractivity contribution in [1.82, 2.24) is 14.8 Å². The Labute approximate surface area is 127 Å². The minimum Gasteiger partial charge on any atom is -0.308 e. The van der Waals surface area contributed by atoms with E-state index in [4.69, 9.17) is 0 Å². The Kier molecular flexibility index (Phi) is 4.36. The van der Waals surface area contributed by atoms with E-state index in [1.165, 1.54) is 6.07 Å². The highest BCUT2D eigenvalue weighted by Gasteiger charge is 2.35. The number of halogens is 5. The average Bonchev–Trinajstić information content (AvgIpc) is 2.81. The van der Waals surface area contributed by atoms with Gasteiger partial charge in [-0.2, -0.15) is 13.2 Å². The highest BCUT2D eigenvalue weighted by atomic mass is 79.9. The zero-order valence-corrected chi connectivity index (χ0v) is 12.8. The molecule has 0 amide bonds. The van der Waals surface area contributed by atoms with Gasteiger partial charge in [-0.3, -0.25) is 0 Å². The first-order valence-electron chi connectivity index (χ1n) is 6.13. The Hall–Kier alpha value is -1.44. The fourth-order valence-corrected chi connectivity index (χ4v) is 2.45. The van der Waals surface area contributed by atoms with Gasteiger partial charge < -0.3 is 4.57 Å². The first-order chi connectivity index (χ1) is 9.77. The van der Waals surface area contributed by atoms with E-state index in [1.54, 1.807) is 4.57 Å². The summed E-state index contributed by atoms with van der Waals surface area (Å²) < 4.78 is 54.2. The number of aromatic nitrogens is 3. The van der Waals surface area contributed by atoms with Crippen LogP contribution in [0.1, 0.15) is 31.3 Å². The molecule has 1 aromatic carbocycles. The third-order valence-corrected chi connectivity index (χ3v) is 3.45. The van der Waals surface area contributed by atoms with Crippen molar-refractivity contribution in [1.29, 1.82) is 0 Å². The number of benzene rings is 1. The van der Waals surface area contributed by atoms with Gasteiger partial charge in [0.25, 0.3) is 0 Å². The lowest BCUT2D eigenvalue weighted by atomic mass is 10.1. The molecule has 1 heterocycles. The second-order valence-corrected chi connectivity index (χ2v) is 5.26. The summed E-state index contributed by atoms with van der Waals surface area (Å²) in [7, 11) is 0. The van der Waals surface area contributed by atoms with Gasteiger partial charge in [0.05, 0.1) is 16.5 Å². The van der Waals surface area contributed by atoms with Crippen molar-refractivity contribution in [3.05, 3.63) is 35.4 Å². The molecule has 3 nitrogen and oxygen atoms in total. The SMILES string of the molecule is CC(C)n1c(CBr)nnc1-c1cccc(C(F)(F)F)c1F. The van der Waals surface area contributed by atoms with Gasteiger partial charge in [-0.25, -0.2) is 4.39 Å². The van der Waals surface area contributed by atoms with Crippen molar-refractivity contribution in [3.63, 3.8) is 0 Å². The molecule has 0 aliphatic carbocycles. The zero-order valence-electron chi connectivity index (χ0n) is 11.2. The van der Waals surface area contributed by atoms with Crippen molar-refractivity contribution in [3.8, 4) is 11.4 Å². The van der Waals surface area contributed by atoms with Crippen LogP contribution in [0.4, 0.5) is 17.6 Å². The Morgan fingerprint density at radius 1 is 1.24 bits per heavy atom. The number of rotatable bonds is 3. The molecule has 114 valence electrons. The van der Waals surface area contributed by atoms with Crippen LogP contribution in [0.2, 0.25) is 0 Å². The van der Waals surface area contributed by atoms with Crippen LogP contribution < -0.4 is 0 Å². The molecule has 0 radical (unpaired) electrons. The summed E-state index contributed by atoms with van der Waals surface area (Å²) in [4.78, 5) is 0. The normalized spacial score (nSPS) is 12.2. The lowest BCUT2D eigenvalue weighted by Gasteiger charge is -2.15. The molecule has 0 saturated heterocycles. The Bertz CT molecular complexity index is 649. The van der Waals surface area contributed by atoms with Gasteiger partial charge in [0.1, 0.15) is 11.6 Å². The van der Waals surface area contributed by atoms with Crippen LogP contribution in [0.5, 0.6) is 0 Å². The number of nitrogens with zero attached hydrogens (tertiary/aromatic N) is 3. The molecule has 0 N–H and O–H groups in total. The molecule has 21 heavy (non-hydrogen) atoms. The van der Waals surface area contributed by atoms with Gasteiger partial charge in [0.15, 0.2) is 5.82 Å². The number of hydrogen-bond acceptors (Lipinski definition) is 2. The largest absolute Gasteiger partial charge is 0.419 e. The molecule has 0 atom stereocenters. The van der Waals surface area contributed by atoms with E-state index in [2.05, 4.69) is 26.1 Å². The van der Waals surface area contributed by atoms with Crippen molar-refractivity contribution in [2.45, 2.75) is 31.4 Å². The second kappa shape index (κ2) is 5.75. The summed E-state index contributed by atoms with van der Waals surface area (Å²) in [5.74, 6) is -0.722. The van der Waals surface area contributed by atoms with E-state index in [-0.39, 0.29) is 17.4 Å². The highest BCUT2D eigenvalue weighted by molar-refractivity contribution is 9.08. The Morgan fingerprint density at radius 2 is 1.90 bits per heavy atom. The molecule has 0 fully saturated rings. The van der Waals surface area contributed by atoms with E-state index >= 15 is 0 Å². The van der Waals surface area contributed by atoms with Gasteiger partial charge in [0, 0.05) is 6.04 Å². The van der Waals surface area contributed by atoms with Gasteiger partial charge in [-0.05, 0) is 26.0 Å². The molecule has 0 aliphatic rings. The number of hydrogen-bond donors (Lipinski definition) is 0. The van der Waals surface area contributed by atoms with Crippen LogP contribution in [0.3, 0.4) is 0 Å². The molecule has 0 saturated carbocycles. The van der Waals surface area contributed by atoms with Crippen LogP contribution in [0, 0.1) is 5.82 Å². The monoisotopic (exact) mass is 365 g/mol. The first kappa shape index (κ1) is 15.9. The van der Waals surface area contributed by atoms with Crippen molar-refractivity contribution in [2.24, 2.45) is 0 Å². The molecule has 8 heteroatoms. The van der Waals surface area contributed by atoms with E-state index in [0.717, 1.165) is 6.07 Å². The fourth-order valence-electron chi connectivity index (χ4n) is 2.06. The molecular weight excluding hydrogens is 354 g/mol. The topological polar surface area (TPSA) is 30.7 Å². The minimum atomic E-state index is -4.75. The average molecular weight is 366 g/mol. The van der Waals surface area contributed by atoms with Gasteiger partial charge in [0.2, 0.25) is 0 Å². The predicted molar refractivity (Wildman–Crippen MR) is 73.4 cm³/mol. The van der Waals surface area contributed by atoms with Gasteiger partial charge >= 0.3 is 6.18 Å². The maximum atomic E-state index is 14.2. The molecule has 2 aromatic rings. The van der Waals surface area contributed by atoms with Crippen molar-refractivity contribution < 1.29 is 17.6 Å². The zero-order chi connectivity index (χ0) is 15.8. The molecule has 0 bridgehead atoms. The molecule has 0 unspecified atom stereocenters. The molecule has 0 aliphatic heterocycles. The first-order valence-corrected chi connectivity index (χ1v) is 7.25. The van der Waals surface area contributed by atoms with Crippen LogP contribution in [0.25, 0.3) is 11.4 Å². The van der Waals surface area contributed by atoms with Crippen LogP contribution in [-0.4, -0.2) is 14.8 Å². The van der Waals surface area contributed by atoms with Crippen LogP contribution >= 0.6 is 15.9 Å². The fraction of sp³-hybridized carbons (Fsp3) is 0.385. The minimum absolute atomic E-state index is 0.0862. The number of alkyl halides is 4. The van der Waals surface area contributed by atoms with E-state index in [9.17, 15) is 17.6 Å². The van der Waals surface area contributed by atoms with Crippen LogP contribution in [-0.2, 0) is 11.5 Å². The van der Waals surface area contributed by atoms with Gasteiger partial charge in [-0.15, -0.1) is 10.2 Å². The Balaban J connectivity index is 2.66. The molecular formula is C13H12BrF4N3. The summed E-state index contributed by atoms with van der Waals surface area (Å²) >= 11 is 3.23. The molecule has 0 spiro atoms. The summed E-state index contributed by atoms with van der Waals surface area (Å²) in [6, 6.07) is 3.02. The van der Waals surface area contributed by atoms with E-state index in [0.29, 0.717) is 17.2 Å². The third-order valence-electron chi connectivity index (χ3n) is 2.95. The van der Waals surface area contributed by atoms with E-state index in [1.807, 2.05) is 13.8 Å². The highest BCUT2D eigenvalue weighted by Crippen LogP contribution is 2.35. The summed E-state index contributed by atoms with van der Waals surface area (Å²) in [5, 5.41) is 8.10. The smallest absolute Gasteiger partial charge is 0.308 e. The maximum Gasteiger partial charge on any atom is 0.419 e.